The number of ether oxygens (including phenoxy) is 6. The third-order valence-electron chi connectivity index (χ3n) is 5.45. The van der Waals surface area contributed by atoms with Crippen LogP contribution in [0.3, 0.4) is 0 Å². The van der Waals surface area contributed by atoms with Gasteiger partial charge in [0.15, 0.2) is 11.5 Å². The summed E-state index contributed by atoms with van der Waals surface area (Å²) in [6, 6.07) is 10.7. The van der Waals surface area contributed by atoms with Crippen molar-refractivity contribution in [1.82, 2.24) is 0 Å². The summed E-state index contributed by atoms with van der Waals surface area (Å²) in [5, 5.41) is 0. The van der Waals surface area contributed by atoms with Crippen molar-refractivity contribution in [2.24, 2.45) is 5.41 Å². The van der Waals surface area contributed by atoms with Crippen molar-refractivity contribution < 1.29 is 38.0 Å². The molecule has 2 unspecified atom stereocenters. The van der Waals surface area contributed by atoms with Crippen LogP contribution in [0.1, 0.15) is 23.7 Å². The van der Waals surface area contributed by atoms with E-state index in [1.807, 2.05) is 18.2 Å². The molecule has 0 aromatic heterocycles. The van der Waals surface area contributed by atoms with Crippen molar-refractivity contribution >= 4 is 11.9 Å². The molecule has 0 N–H and O–H groups in total. The lowest BCUT2D eigenvalue weighted by Crippen LogP contribution is -2.37. The van der Waals surface area contributed by atoms with Crippen molar-refractivity contribution in [2.75, 3.05) is 35.5 Å². The lowest BCUT2D eigenvalue weighted by Gasteiger charge is -2.31. The Hall–Kier alpha value is -3.42. The van der Waals surface area contributed by atoms with Crippen LogP contribution in [0.15, 0.2) is 36.4 Å². The predicted octanol–water partition coefficient (Wildman–Crippen LogP) is 3.11. The number of benzene rings is 2. The zero-order valence-electron chi connectivity index (χ0n) is 18.2. The lowest BCUT2D eigenvalue weighted by atomic mass is 9.73. The Bertz CT molecular complexity index is 945. The molecular weight excluding hydrogens is 404 g/mol. The maximum atomic E-state index is 13.1. The van der Waals surface area contributed by atoms with Gasteiger partial charge in [0.1, 0.15) is 17.3 Å². The highest BCUT2D eigenvalue weighted by Gasteiger charge is 2.56. The fourth-order valence-electron chi connectivity index (χ4n) is 4.03. The molecule has 1 saturated heterocycles. The number of carbonyl (C=O) groups excluding carboxylic acids is 2. The topological polar surface area (TPSA) is 89.5 Å². The van der Waals surface area contributed by atoms with Gasteiger partial charge in [0.05, 0.1) is 42.0 Å². The van der Waals surface area contributed by atoms with E-state index >= 15 is 0 Å². The van der Waals surface area contributed by atoms with Gasteiger partial charge < -0.3 is 28.4 Å². The molecule has 31 heavy (non-hydrogen) atoms. The van der Waals surface area contributed by atoms with Crippen LogP contribution in [0.2, 0.25) is 0 Å². The SMILES string of the molecule is COC(=O)C1(Cc2cccc(OC)c2)CC(=O)OC1c1cc(OC)c(OC)c(OC)c1. The van der Waals surface area contributed by atoms with Gasteiger partial charge in [-0.2, -0.15) is 0 Å². The van der Waals surface area contributed by atoms with E-state index in [2.05, 4.69) is 0 Å². The number of cyclic esters (lactones) is 1. The minimum absolute atomic E-state index is 0.127. The van der Waals surface area contributed by atoms with Gasteiger partial charge in [-0.1, -0.05) is 12.1 Å². The number of rotatable bonds is 8. The Morgan fingerprint density at radius 2 is 1.68 bits per heavy atom. The Morgan fingerprint density at radius 1 is 1.00 bits per heavy atom. The quantitative estimate of drug-likeness (QED) is 0.590. The van der Waals surface area contributed by atoms with Gasteiger partial charge in [-0.05, 0) is 36.2 Å². The molecule has 0 radical (unpaired) electrons. The zero-order valence-corrected chi connectivity index (χ0v) is 18.2. The molecule has 8 heteroatoms. The molecule has 8 nitrogen and oxygen atoms in total. The van der Waals surface area contributed by atoms with Gasteiger partial charge >= 0.3 is 11.9 Å². The van der Waals surface area contributed by atoms with Gasteiger partial charge in [0.25, 0.3) is 0 Å². The third kappa shape index (κ3) is 4.10. The Kier molecular flexibility index (Phi) is 6.58. The zero-order chi connectivity index (χ0) is 22.6. The minimum Gasteiger partial charge on any atom is -0.497 e. The Morgan fingerprint density at radius 3 is 2.23 bits per heavy atom. The largest absolute Gasteiger partial charge is 0.497 e. The minimum atomic E-state index is -1.27. The summed E-state index contributed by atoms with van der Waals surface area (Å²) >= 11 is 0. The third-order valence-corrected chi connectivity index (χ3v) is 5.45. The molecule has 2 atom stereocenters. The molecule has 166 valence electrons. The van der Waals surface area contributed by atoms with Crippen molar-refractivity contribution in [3.05, 3.63) is 47.5 Å². The highest BCUT2D eigenvalue weighted by atomic mass is 16.6. The standard InChI is InChI=1S/C23H26O8/c1-26-16-8-6-7-14(9-16)12-23(22(25)30-5)13-19(24)31-21(23)15-10-17(27-2)20(29-4)18(11-15)28-3/h6-11,21H,12-13H2,1-5H3. The first-order chi connectivity index (χ1) is 14.9. The Balaban J connectivity index is 2.14. The summed E-state index contributed by atoms with van der Waals surface area (Å²) in [6.45, 7) is 0. The van der Waals surface area contributed by atoms with Crippen LogP contribution in [-0.4, -0.2) is 47.5 Å². The molecule has 0 saturated carbocycles. The normalized spacial score (nSPS) is 20.0. The maximum absolute atomic E-state index is 13.1. The van der Waals surface area contributed by atoms with Crippen molar-refractivity contribution in [2.45, 2.75) is 18.9 Å². The van der Waals surface area contributed by atoms with E-state index in [1.165, 1.54) is 28.4 Å². The molecule has 3 rings (SSSR count). The number of esters is 2. The number of hydrogen-bond donors (Lipinski definition) is 0. The van der Waals surface area contributed by atoms with Gasteiger partial charge in [-0.25, -0.2) is 0 Å². The van der Waals surface area contributed by atoms with E-state index < -0.39 is 23.5 Å². The predicted molar refractivity (Wildman–Crippen MR) is 111 cm³/mol. The average molecular weight is 430 g/mol. The van der Waals surface area contributed by atoms with Crippen molar-refractivity contribution in [3.63, 3.8) is 0 Å². The average Bonchev–Trinajstić information content (AvgIpc) is 3.14. The lowest BCUT2D eigenvalue weighted by molar-refractivity contribution is -0.157. The summed E-state index contributed by atoms with van der Waals surface area (Å²) < 4.78 is 32.3. The first kappa shape index (κ1) is 22.3. The fourth-order valence-corrected chi connectivity index (χ4v) is 4.03. The second kappa shape index (κ2) is 9.16. The second-order valence-corrected chi connectivity index (χ2v) is 7.18. The van der Waals surface area contributed by atoms with Crippen LogP contribution >= 0.6 is 0 Å². The maximum Gasteiger partial charge on any atom is 0.316 e. The number of carbonyl (C=O) groups is 2. The van der Waals surface area contributed by atoms with E-state index in [9.17, 15) is 9.59 Å². The molecule has 1 fully saturated rings. The van der Waals surface area contributed by atoms with Crippen LogP contribution in [0.5, 0.6) is 23.0 Å². The van der Waals surface area contributed by atoms with Crippen LogP contribution < -0.4 is 18.9 Å². The summed E-state index contributed by atoms with van der Waals surface area (Å²) in [6.07, 6.45) is -0.824. The molecule has 0 bridgehead atoms. The van der Waals surface area contributed by atoms with Crippen molar-refractivity contribution in [3.8, 4) is 23.0 Å². The van der Waals surface area contributed by atoms with Gasteiger partial charge in [-0.3, -0.25) is 9.59 Å². The highest BCUT2D eigenvalue weighted by Crippen LogP contribution is 2.52. The van der Waals surface area contributed by atoms with E-state index in [1.54, 1.807) is 25.3 Å². The molecule has 1 aliphatic heterocycles. The second-order valence-electron chi connectivity index (χ2n) is 7.18. The Labute approximate surface area is 181 Å². The molecule has 2 aromatic rings. The number of hydrogen-bond acceptors (Lipinski definition) is 8. The van der Waals surface area contributed by atoms with Gasteiger partial charge in [-0.15, -0.1) is 0 Å². The van der Waals surface area contributed by atoms with E-state index in [-0.39, 0.29) is 12.8 Å². The van der Waals surface area contributed by atoms with Gasteiger partial charge in [0, 0.05) is 5.56 Å². The van der Waals surface area contributed by atoms with Gasteiger partial charge in [0.2, 0.25) is 5.75 Å². The molecule has 0 aliphatic carbocycles. The molecule has 2 aromatic carbocycles. The highest BCUT2D eigenvalue weighted by molar-refractivity contribution is 5.88. The summed E-state index contributed by atoms with van der Waals surface area (Å²) in [7, 11) is 7.34. The van der Waals surface area contributed by atoms with Crippen LogP contribution in [0, 0.1) is 5.41 Å². The first-order valence-electron chi connectivity index (χ1n) is 9.63. The van der Waals surface area contributed by atoms with Crippen LogP contribution in [0.25, 0.3) is 0 Å². The molecule has 1 aliphatic rings. The summed E-state index contributed by atoms with van der Waals surface area (Å²) in [5.74, 6) is 0.786. The van der Waals surface area contributed by atoms with E-state index in [4.69, 9.17) is 28.4 Å². The molecule has 0 spiro atoms. The first-order valence-corrected chi connectivity index (χ1v) is 9.63. The fraction of sp³-hybridized carbons (Fsp3) is 0.391. The number of methoxy groups -OCH3 is 5. The van der Waals surface area contributed by atoms with E-state index in [0.29, 0.717) is 28.6 Å². The smallest absolute Gasteiger partial charge is 0.316 e. The van der Waals surface area contributed by atoms with E-state index in [0.717, 1.165) is 5.56 Å². The summed E-state index contributed by atoms with van der Waals surface area (Å²) in [5.41, 5.74) is 0.0668. The molecule has 1 heterocycles. The summed E-state index contributed by atoms with van der Waals surface area (Å²) in [4.78, 5) is 25.5. The molecule has 0 amide bonds. The van der Waals surface area contributed by atoms with Crippen LogP contribution in [0.4, 0.5) is 0 Å². The van der Waals surface area contributed by atoms with Crippen molar-refractivity contribution in [1.29, 1.82) is 0 Å². The van der Waals surface area contributed by atoms with Crippen LogP contribution in [-0.2, 0) is 25.5 Å². The molecular formula is C23H26O8. The monoisotopic (exact) mass is 430 g/mol.